The van der Waals surface area contributed by atoms with Crippen molar-refractivity contribution < 1.29 is 14.4 Å². The maximum Gasteiger partial charge on any atom is 0.258 e. The molecule has 1 aliphatic heterocycles. The Morgan fingerprint density at radius 3 is 1.63 bits per heavy atom. The van der Waals surface area contributed by atoms with Crippen molar-refractivity contribution in [1.29, 1.82) is 0 Å². The summed E-state index contributed by atoms with van der Waals surface area (Å²) in [5, 5.41) is 0. The number of nitrogens with zero attached hydrogens (tertiary/aromatic N) is 1. The molecule has 0 spiro atoms. The number of aryl methyl sites for hydroxylation is 1. The highest BCUT2D eigenvalue weighted by Gasteiger charge is 2.24. The molecule has 2 amide bonds. The Balaban J connectivity index is 0.931. The number of fused-ring (bicyclic) bond motifs is 1. The first-order valence-corrected chi connectivity index (χ1v) is 14.6. The van der Waals surface area contributed by atoms with E-state index in [1.807, 2.05) is 12.1 Å². The van der Waals surface area contributed by atoms with E-state index in [-0.39, 0.29) is 17.6 Å². The standard InChI is InChI=1S/C34H41NO3/c36-32(26-28-16-21-31(22-17-28)35-33(37)23-24-34(35)38)14-12-10-8-6-4-2-1-3-5-7-9-11-13-27-15-18-29-19-20-30(29)25-27/h15-25H,1-14,26H2. The maximum absolute atomic E-state index is 12.3. The monoisotopic (exact) mass is 511 g/mol. The number of anilines is 1. The predicted octanol–water partition coefficient (Wildman–Crippen LogP) is 8.03. The zero-order valence-electron chi connectivity index (χ0n) is 22.6. The molecule has 0 radical (unpaired) electrons. The molecule has 0 unspecified atom stereocenters. The van der Waals surface area contributed by atoms with Crippen LogP contribution in [0.4, 0.5) is 5.69 Å². The molecule has 0 bridgehead atoms. The van der Waals surface area contributed by atoms with E-state index in [4.69, 9.17) is 0 Å². The molecule has 38 heavy (non-hydrogen) atoms. The molecule has 0 saturated carbocycles. The number of carbonyl (C=O) groups excluding carboxylic acids is 3. The summed E-state index contributed by atoms with van der Waals surface area (Å²) in [6.07, 6.45) is 24.5. The minimum absolute atomic E-state index is 0.252. The first-order valence-electron chi connectivity index (χ1n) is 14.6. The summed E-state index contributed by atoms with van der Waals surface area (Å²) in [4.78, 5) is 37.0. The number of imide groups is 1. The second kappa shape index (κ2) is 14.6. The molecule has 0 N–H and O–H groups in total. The zero-order valence-corrected chi connectivity index (χ0v) is 22.6. The third-order valence-electron chi connectivity index (χ3n) is 7.67. The van der Waals surface area contributed by atoms with E-state index in [1.165, 1.54) is 99.5 Å². The fraction of sp³-hybridized carbons (Fsp3) is 0.441. The van der Waals surface area contributed by atoms with Crippen LogP contribution in [0.3, 0.4) is 0 Å². The van der Waals surface area contributed by atoms with Gasteiger partial charge in [0.1, 0.15) is 5.78 Å². The van der Waals surface area contributed by atoms with Gasteiger partial charge in [0.25, 0.3) is 11.8 Å². The van der Waals surface area contributed by atoms with Gasteiger partial charge in [-0.1, -0.05) is 107 Å². The van der Waals surface area contributed by atoms with E-state index in [0.717, 1.165) is 23.3 Å². The normalized spacial score (nSPS) is 13.7. The Hall–Kier alpha value is -3.27. The molecule has 2 aromatic rings. The van der Waals surface area contributed by atoms with Gasteiger partial charge in [0.2, 0.25) is 0 Å². The minimum Gasteiger partial charge on any atom is -0.299 e. The molecule has 2 aromatic carbocycles. The Kier molecular flexibility index (Phi) is 10.7. The van der Waals surface area contributed by atoms with Crippen molar-refractivity contribution in [2.24, 2.45) is 0 Å². The summed E-state index contributed by atoms with van der Waals surface area (Å²) in [7, 11) is 0. The Morgan fingerprint density at radius 2 is 1.08 bits per heavy atom. The van der Waals surface area contributed by atoms with Gasteiger partial charge in [-0.15, -0.1) is 0 Å². The average molecular weight is 512 g/mol. The summed E-state index contributed by atoms with van der Waals surface area (Å²) in [6, 6.07) is 14.0. The smallest absolute Gasteiger partial charge is 0.258 e. The van der Waals surface area contributed by atoms with E-state index in [9.17, 15) is 14.4 Å². The fourth-order valence-corrected chi connectivity index (χ4v) is 5.31. The molecule has 0 aromatic heterocycles. The molecule has 0 fully saturated rings. The lowest BCUT2D eigenvalue weighted by Crippen LogP contribution is -2.29. The third kappa shape index (κ3) is 8.37. The first kappa shape index (κ1) is 27.8. The van der Waals surface area contributed by atoms with Crippen molar-refractivity contribution in [3.8, 4) is 0 Å². The van der Waals surface area contributed by atoms with Gasteiger partial charge in [0, 0.05) is 25.0 Å². The van der Waals surface area contributed by atoms with E-state index in [0.29, 0.717) is 18.5 Å². The quantitative estimate of drug-likeness (QED) is 0.128. The van der Waals surface area contributed by atoms with E-state index >= 15 is 0 Å². The lowest BCUT2D eigenvalue weighted by atomic mass is 9.94. The molecule has 2 aliphatic rings. The topological polar surface area (TPSA) is 54.5 Å². The summed E-state index contributed by atoms with van der Waals surface area (Å²) < 4.78 is 0. The van der Waals surface area contributed by atoms with Gasteiger partial charge >= 0.3 is 0 Å². The second-order valence-electron chi connectivity index (χ2n) is 10.8. The van der Waals surface area contributed by atoms with E-state index in [1.54, 1.807) is 12.1 Å². The summed E-state index contributed by atoms with van der Waals surface area (Å²) >= 11 is 0. The number of unbranched alkanes of at least 4 members (excludes halogenated alkanes) is 11. The number of benzene rings is 2. The number of rotatable bonds is 18. The van der Waals surface area contributed by atoms with Crippen LogP contribution in [0.1, 0.15) is 106 Å². The molecule has 4 heteroatoms. The number of Topliss-reactive ketones (excluding diaryl/α,β-unsaturated/α-hetero) is 1. The van der Waals surface area contributed by atoms with Gasteiger partial charge in [-0.25, -0.2) is 4.90 Å². The van der Waals surface area contributed by atoms with Gasteiger partial charge in [-0.2, -0.15) is 0 Å². The van der Waals surface area contributed by atoms with Gasteiger partial charge in [-0.3, -0.25) is 14.4 Å². The SMILES string of the molecule is O=C(CCCCCCCCCCCCCCc1ccc2c(c1)C=C2)Cc1ccc(N2C(=O)C=CC2=O)cc1. The minimum atomic E-state index is -0.325. The molecule has 1 heterocycles. The molecule has 200 valence electrons. The number of hydrogen-bond donors (Lipinski definition) is 0. The Bertz CT molecular complexity index is 1140. The van der Waals surface area contributed by atoms with Crippen LogP contribution in [0.5, 0.6) is 0 Å². The Morgan fingerprint density at radius 1 is 0.553 bits per heavy atom. The molecule has 4 rings (SSSR count). The van der Waals surface area contributed by atoms with Crippen LogP contribution in [0.15, 0.2) is 54.6 Å². The van der Waals surface area contributed by atoms with Gasteiger partial charge in [0.05, 0.1) is 5.69 Å². The van der Waals surface area contributed by atoms with Crippen molar-refractivity contribution in [1.82, 2.24) is 0 Å². The molecule has 0 atom stereocenters. The van der Waals surface area contributed by atoms with Crippen LogP contribution >= 0.6 is 0 Å². The van der Waals surface area contributed by atoms with E-state index in [2.05, 4.69) is 30.4 Å². The lowest BCUT2D eigenvalue weighted by Gasteiger charge is -2.14. The molecule has 1 aliphatic carbocycles. The Labute approximate surface area is 227 Å². The van der Waals surface area contributed by atoms with Gasteiger partial charge < -0.3 is 0 Å². The van der Waals surface area contributed by atoms with Gasteiger partial charge in [0.15, 0.2) is 0 Å². The largest absolute Gasteiger partial charge is 0.299 e. The summed E-state index contributed by atoms with van der Waals surface area (Å²) in [5.41, 5.74) is 5.75. The van der Waals surface area contributed by atoms with Crippen LogP contribution in [-0.2, 0) is 27.2 Å². The van der Waals surface area contributed by atoms with Crippen molar-refractivity contribution in [2.75, 3.05) is 4.90 Å². The molecular formula is C34H41NO3. The summed E-state index contributed by atoms with van der Waals surface area (Å²) in [5.74, 6) is -0.398. The summed E-state index contributed by atoms with van der Waals surface area (Å²) in [6.45, 7) is 0. The van der Waals surface area contributed by atoms with Crippen molar-refractivity contribution in [3.05, 3.63) is 76.9 Å². The van der Waals surface area contributed by atoms with Gasteiger partial charge in [-0.05, 0) is 53.6 Å². The fourth-order valence-electron chi connectivity index (χ4n) is 5.31. The number of hydrogen-bond acceptors (Lipinski definition) is 3. The first-order chi connectivity index (χ1) is 18.6. The molecule has 0 saturated heterocycles. The van der Waals surface area contributed by atoms with Crippen LogP contribution < -0.4 is 4.90 Å². The van der Waals surface area contributed by atoms with Crippen LogP contribution in [0.25, 0.3) is 12.2 Å². The predicted molar refractivity (Wildman–Crippen MR) is 156 cm³/mol. The molecule has 4 nitrogen and oxygen atoms in total. The van der Waals surface area contributed by atoms with Crippen molar-refractivity contribution >= 4 is 35.4 Å². The third-order valence-corrected chi connectivity index (χ3v) is 7.67. The van der Waals surface area contributed by atoms with Crippen LogP contribution in [0.2, 0.25) is 0 Å². The number of amides is 2. The lowest BCUT2D eigenvalue weighted by molar-refractivity contribution is -0.120. The van der Waals surface area contributed by atoms with Crippen molar-refractivity contribution in [2.45, 2.75) is 96.3 Å². The highest BCUT2D eigenvalue weighted by atomic mass is 16.2. The van der Waals surface area contributed by atoms with Crippen LogP contribution in [-0.4, -0.2) is 17.6 Å². The highest BCUT2D eigenvalue weighted by Crippen LogP contribution is 2.25. The average Bonchev–Trinajstić information content (AvgIpc) is 3.23. The highest BCUT2D eigenvalue weighted by molar-refractivity contribution is 6.28. The van der Waals surface area contributed by atoms with E-state index < -0.39 is 0 Å². The second-order valence-corrected chi connectivity index (χ2v) is 10.8. The van der Waals surface area contributed by atoms with Crippen molar-refractivity contribution in [3.63, 3.8) is 0 Å². The zero-order chi connectivity index (χ0) is 26.6. The maximum atomic E-state index is 12.3. The van der Waals surface area contributed by atoms with Crippen LogP contribution in [0, 0.1) is 0 Å². The number of ketones is 1. The number of carbonyl (C=O) groups is 3. The molecular weight excluding hydrogens is 470 g/mol.